The summed E-state index contributed by atoms with van der Waals surface area (Å²) in [5.74, 6) is 1.38. The maximum absolute atomic E-state index is 12.5. The third-order valence-corrected chi connectivity index (χ3v) is 6.90. The van der Waals surface area contributed by atoms with Gasteiger partial charge in [-0.15, -0.1) is 24.0 Å². The van der Waals surface area contributed by atoms with E-state index in [2.05, 4.69) is 24.1 Å². The number of carbonyl (C=O) groups excluding carboxylic acids is 1. The van der Waals surface area contributed by atoms with Crippen LogP contribution in [0.25, 0.3) is 0 Å². The van der Waals surface area contributed by atoms with Crippen molar-refractivity contribution in [1.82, 2.24) is 15.1 Å². The normalized spacial score (nSPS) is 25.7. The Morgan fingerprint density at radius 1 is 1.23 bits per heavy atom. The van der Waals surface area contributed by atoms with Gasteiger partial charge in [0.25, 0.3) is 5.91 Å². The van der Waals surface area contributed by atoms with Crippen LogP contribution in [0.3, 0.4) is 0 Å². The van der Waals surface area contributed by atoms with Gasteiger partial charge in [0, 0.05) is 50.8 Å². The average Bonchev–Trinajstić information content (AvgIpc) is 3.45. The summed E-state index contributed by atoms with van der Waals surface area (Å²) >= 11 is 0. The highest BCUT2D eigenvalue weighted by atomic mass is 127. The van der Waals surface area contributed by atoms with Gasteiger partial charge in [-0.2, -0.15) is 0 Å². The van der Waals surface area contributed by atoms with E-state index in [1.807, 2.05) is 4.90 Å². The van der Waals surface area contributed by atoms with Gasteiger partial charge in [-0.1, -0.05) is 12.8 Å². The van der Waals surface area contributed by atoms with Crippen molar-refractivity contribution in [1.29, 1.82) is 0 Å². The number of nitrogens with one attached hydrogen (secondary N) is 1. The summed E-state index contributed by atoms with van der Waals surface area (Å²) in [5, 5.41) is 3.79. The highest BCUT2D eigenvalue weighted by Crippen LogP contribution is 2.54. The van der Waals surface area contributed by atoms with Crippen LogP contribution in [0.1, 0.15) is 56.5 Å². The second-order valence-corrected chi connectivity index (χ2v) is 8.37. The predicted molar refractivity (Wildman–Crippen MR) is 127 cm³/mol. The number of nitrogens with zero attached hydrogens (tertiary/aromatic N) is 3. The van der Waals surface area contributed by atoms with Crippen LogP contribution in [0.15, 0.2) is 27.8 Å². The summed E-state index contributed by atoms with van der Waals surface area (Å²) in [4.78, 5) is 21.5. The highest BCUT2D eigenvalue weighted by molar-refractivity contribution is 14.0. The van der Waals surface area contributed by atoms with Crippen molar-refractivity contribution in [3.05, 3.63) is 24.2 Å². The molecule has 1 aromatic heterocycles. The van der Waals surface area contributed by atoms with Crippen molar-refractivity contribution in [3.63, 3.8) is 0 Å². The van der Waals surface area contributed by atoms with Crippen LogP contribution in [-0.4, -0.2) is 73.1 Å². The van der Waals surface area contributed by atoms with E-state index >= 15 is 0 Å². The Balaban J connectivity index is 0.00000256. The molecule has 4 rings (SSSR count). The van der Waals surface area contributed by atoms with Crippen molar-refractivity contribution in [2.24, 2.45) is 10.4 Å². The molecule has 3 fully saturated rings. The van der Waals surface area contributed by atoms with Crippen LogP contribution in [-0.2, 0) is 4.74 Å². The maximum Gasteiger partial charge on any atom is 0.289 e. The van der Waals surface area contributed by atoms with E-state index in [1.165, 1.54) is 25.7 Å². The van der Waals surface area contributed by atoms with Crippen LogP contribution >= 0.6 is 24.0 Å². The molecule has 0 bridgehead atoms. The molecule has 0 radical (unpaired) electrons. The molecule has 7 nitrogen and oxygen atoms in total. The Bertz CT molecular complexity index is 710. The van der Waals surface area contributed by atoms with Crippen LogP contribution < -0.4 is 5.32 Å². The Morgan fingerprint density at radius 3 is 2.53 bits per heavy atom. The van der Waals surface area contributed by atoms with E-state index in [9.17, 15) is 4.79 Å². The second-order valence-electron chi connectivity index (χ2n) is 8.37. The Hall–Kier alpha value is -1.29. The molecule has 1 saturated heterocycles. The average molecular weight is 530 g/mol. The van der Waals surface area contributed by atoms with Gasteiger partial charge in [-0.05, 0) is 45.2 Å². The van der Waals surface area contributed by atoms with Gasteiger partial charge in [0.1, 0.15) is 0 Å². The minimum absolute atomic E-state index is 0. The van der Waals surface area contributed by atoms with Gasteiger partial charge >= 0.3 is 0 Å². The van der Waals surface area contributed by atoms with E-state index in [0.717, 1.165) is 38.6 Å². The molecule has 8 heteroatoms. The number of guanidine groups is 1. The standard InChI is InChI=1S/C22H34N4O3.HI/c1-3-23-21(24-18-16-19(28-4-2)22(18)9-5-6-10-22)26-13-11-25(12-14-26)20(27)17-8-7-15-29-17;/h7-8,15,18-19H,3-6,9-14,16H2,1-2H3,(H,23,24);1H. The number of aliphatic imine (C=N–C) groups is 1. The van der Waals surface area contributed by atoms with E-state index in [4.69, 9.17) is 14.1 Å². The summed E-state index contributed by atoms with van der Waals surface area (Å²) in [6, 6.07) is 3.92. The zero-order valence-electron chi connectivity index (χ0n) is 18.1. The molecule has 1 N–H and O–H groups in total. The number of rotatable bonds is 5. The number of hydrogen-bond donors (Lipinski definition) is 1. The largest absolute Gasteiger partial charge is 0.459 e. The van der Waals surface area contributed by atoms with Crippen LogP contribution in [0.2, 0.25) is 0 Å². The number of hydrogen-bond acceptors (Lipinski definition) is 4. The van der Waals surface area contributed by atoms with Gasteiger partial charge < -0.3 is 24.3 Å². The third-order valence-electron chi connectivity index (χ3n) is 6.90. The first-order chi connectivity index (χ1) is 14.2. The van der Waals surface area contributed by atoms with E-state index < -0.39 is 0 Å². The summed E-state index contributed by atoms with van der Waals surface area (Å²) < 4.78 is 11.3. The molecule has 168 valence electrons. The number of amides is 1. The first kappa shape index (κ1) is 23.4. The van der Waals surface area contributed by atoms with Crippen molar-refractivity contribution < 1.29 is 13.9 Å². The zero-order valence-corrected chi connectivity index (χ0v) is 20.5. The molecule has 30 heavy (non-hydrogen) atoms. The first-order valence-electron chi connectivity index (χ1n) is 11.2. The van der Waals surface area contributed by atoms with Crippen LogP contribution in [0, 0.1) is 5.41 Å². The van der Waals surface area contributed by atoms with Gasteiger partial charge in [0.2, 0.25) is 0 Å². The molecular formula is C22H35IN4O3. The van der Waals surface area contributed by atoms with Crippen LogP contribution in [0.4, 0.5) is 0 Å². The molecule has 1 amide bonds. The molecule has 2 unspecified atom stereocenters. The van der Waals surface area contributed by atoms with Gasteiger partial charge in [0.15, 0.2) is 11.7 Å². The molecular weight excluding hydrogens is 495 g/mol. The lowest BCUT2D eigenvalue weighted by Gasteiger charge is -2.55. The summed E-state index contributed by atoms with van der Waals surface area (Å²) in [6.45, 7) is 8.65. The zero-order chi connectivity index (χ0) is 20.3. The number of halogens is 1. The quantitative estimate of drug-likeness (QED) is 0.359. The molecule has 2 aliphatic carbocycles. The molecule has 0 aromatic carbocycles. The lowest BCUT2D eigenvalue weighted by Crippen LogP contribution is -2.66. The maximum atomic E-state index is 12.5. The van der Waals surface area contributed by atoms with Gasteiger partial charge in [-0.25, -0.2) is 0 Å². The van der Waals surface area contributed by atoms with Gasteiger partial charge in [0.05, 0.1) is 12.4 Å². The minimum atomic E-state index is -0.0277. The lowest BCUT2D eigenvalue weighted by molar-refractivity contribution is -0.126. The number of piperazine rings is 1. The van der Waals surface area contributed by atoms with Crippen molar-refractivity contribution in [2.45, 2.75) is 58.1 Å². The summed E-state index contributed by atoms with van der Waals surface area (Å²) in [6.07, 6.45) is 8.10. The SMILES string of the molecule is CCN=C(NC1CC(OCC)C12CCCC2)N1CCN(C(=O)c2ccco2)CC1.I. The number of carbonyl (C=O) groups is 1. The molecule has 2 saturated carbocycles. The molecule has 1 aromatic rings. The topological polar surface area (TPSA) is 70.3 Å². The molecule has 3 aliphatic rings. The smallest absolute Gasteiger partial charge is 0.289 e. The predicted octanol–water partition coefficient (Wildman–Crippen LogP) is 3.36. The molecule has 2 atom stereocenters. The molecule has 2 heterocycles. The molecule has 1 spiro atoms. The minimum Gasteiger partial charge on any atom is -0.459 e. The Labute approximate surface area is 196 Å². The summed E-state index contributed by atoms with van der Waals surface area (Å²) in [5.41, 5.74) is 0.279. The first-order valence-corrected chi connectivity index (χ1v) is 11.2. The number of furan rings is 1. The van der Waals surface area contributed by atoms with Crippen molar-refractivity contribution >= 4 is 35.8 Å². The lowest BCUT2D eigenvalue weighted by atomic mass is 9.60. The Morgan fingerprint density at radius 2 is 1.93 bits per heavy atom. The highest BCUT2D eigenvalue weighted by Gasteiger charge is 2.57. The van der Waals surface area contributed by atoms with E-state index in [-0.39, 0.29) is 35.3 Å². The van der Waals surface area contributed by atoms with E-state index in [0.29, 0.717) is 31.0 Å². The fourth-order valence-electron chi connectivity index (χ4n) is 5.31. The second kappa shape index (κ2) is 10.3. The van der Waals surface area contributed by atoms with Crippen molar-refractivity contribution in [3.8, 4) is 0 Å². The fourth-order valence-corrected chi connectivity index (χ4v) is 5.31. The van der Waals surface area contributed by atoms with Gasteiger partial charge in [-0.3, -0.25) is 9.79 Å². The fraction of sp³-hybridized carbons (Fsp3) is 0.727. The molecule has 1 aliphatic heterocycles. The van der Waals surface area contributed by atoms with Crippen LogP contribution in [0.5, 0.6) is 0 Å². The van der Waals surface area contributed by atoms with Crippen molar-refractivity contribution in [2.75, 3.05) is 39.3 Å². The number of ether oxygens (including phenoxy) is 1. The Kier molecular flexibility index (Phi) is 8.06. The third kappa shape index (κ3) is 4.49. The monoisotopic (exact) mass is 530 g/mol. The van der Waals surface area contributed by atoms with E-state index in [1.54, 1.807) is 18.4 Å². The summed E-state index contributed by atoms with van der Waals surface area (Å²) in [7, 11) is 0.